The number of aliphatic hydroxyl groups is 1. The summed E-state index contributed by atoms with van der Waals surface area (Å²) in [7, 11) is 0. The van der Waals surface area contributed by atoms with Gasteiger partial charge in [0.05, 0.1) is 0 Å². The number of benzene rings is 4. The first-order valence-electron chi connectivity index (χ1n) is 10.1. The van der Waals surface area contributed by atoms with Gasteiger partial charge in [0, 0.05) is 11.6 Å². The molecule has 1 aliphatic rings. The van der Waals surface area contributed by atoms with Crippen molar-refractivity contribution in [2.45, 2.75) is 5.60 Å². The third-order valence-electron chi connectivity index (χ3n) is 5.55. The zero-order valence-electron chi connectivity index (χ0n) is 16.5. The van der Waals surface area contributed by atoms with Crippen molar-refractivity contribution in [3.63, 3.8) is 0 Å². The van der Waals surface area contributed by atoms with E-state index in [2.05, 4.69) is 42.5 Å². The maximum Gasteiger partial charge on any atom is 0.142 e. The first-order chi connectivity index (χ1) is 14.8. The minimum atomic E-state index is -1.35. The number of hydrogen-bond acceptors (Lipinski definition) is 1. The average Bonchev–Trinajstić information content (AvgIpc) is 3.16. The van der Waals surface area contributed by atoms with Gasteiger partial charge < -0.3 is 5.11 Å². The molecule has 0 aliphatic heterocycles. The zero-order chi connectivity index (χ0) is 20.4. The van der Waals surface area contributed by atoms with Crippen molar-refractivity contribution in [1.29, 1.82) is 0 Å². The second kappa shape index (κ2) is 7.62. The third-order valence-corrected chi connectivity index (χ3v) is 5.55. The Labute approximate surface area is 177 Å². The monoisotopic (exact) mass is 385 g/mol. The summed E-state index contributed by atoms with van der Waals surface area (Å²) in [6.07, 6.45) is 3.50. The fraction of sp³-hybridized carbons (Fsp3) is 0.0345. The van der Waals surface area contributed by atoms with E-state index in [9.17, 15) is 5.11 Å². The van der Waals surface area contributed by atoms with Crippen LogP contribution in [0.3, 0.4) is 0 Å². The quantitative estimate of drug-likeness (QED) is 0.432. The summed E-state index contributed by atoms with van der Waals surface area (Å²) < 4.78 is 0. The van der Waals surface area contributed by atoms with Crippen molar-refractivity contribution in [2.75, 3.05) is 0 Å². The van der Waals surface area contributed by atoms with E-state index in [4.69, 9.17) is 0 Å². The first kappa shape index (κ1) is 18.4. The molecule has 0 aromatic heterocycles. The Morgan fingerprint density at radius 2 is 0.933 bits per heavy atom. The van der Waals surface area contributed by atoms with Crippen LogP contribution in [0.1, 0.15) is 22.3 Å². The molecule has 30 heavy (non-hydrogen) atoms. The van der Waals surface area contributed by atoms with Crippen LogP contribution in [0.15, 0.2) is 121 Å². The molecule has 1 heteroatoms. The summed E-state index contributed by atoms with van der Waals surface area (Å²) in [5.74, 6) is 0. The SMILES string of the molecule is OC1(c2ccccc2)[C]=C(c2ccccc2)C(c2ccccc2)=C1c1ccccc1. The summed E-state index contributed by atoms with van der Waals surface area (Å²) in [6, 6.07) is 40.4. The number of hydrogen-bond donors (Lipinski definition) is 1. The van der Waals surface area contributed by atoms with E-state index in [-0.39, 0.29) is 0 Å². The maximum atomic E-state index is 12.1. The highest BCUT2D eigenvalue weighted by atomic mass is 16.3. The van der Waals surface area contributed by atoms with E-state index in [1.807, 2.05) is 84.9 Å². The lowest BCUT2D eigenvalue weighted by Gasteiger charge is -2.26. The highest BCUT2D eigenvalue weighted by Crippen LogP contribution is 2.52. The van der Waals surface area contributed by atoms with Crippen molar-refractivity contribution in [1.82, 2.24) is 0 Å². The van der Waals surface area contributed by atoms with Crippen LogP contribution in [0.5, 0.6) is 0 Å². The molecule has 0 saturated heterocycles. The maximum absolute atomic E-state index is 12.1. The Kier molecular flexibility index (Phi) is 4.66. The molecule has 0 fully saturated rings. The highest BCUT2D eigenvalue weighted by molar-refractivity contribution is 6.19. The van der Waals surface area contributed by atoms with Crippen LogP contribution in [-0.2, 0) is 5.60 Å². The largest absolute Gasteiger partial charge is 0.376 e. The molecule has 0 amide bonds. The summed E-state index contributed by atoms with van der Waals surface area (Å²) in [5.41, 5.74) is 5.35. The minimum absolute atomic E-state index is 0.809. The van der Waals surface area contributed by atoms with Crippen LogP contribution in [0.2, 0.25) is 0 Å². The lowest BCUT2D eigenvalue weighted by atomic mass is 9.82. The molecule has 0 saturated carbocycles. The van der Waals surface area contributed by atoms with Gasteiger partial charge in [0.25, 0.3) is 0 Å². The van der Waals surface area contributed by atoms with E-state index in [0.29, 0.717) is 0 Å². The second-order valence-electron chi connectivity index (χ2n) is 7.42. The van der Waals surface area contributed by atoms with Gasteiger partial charge in [0.1, 0.15) is 5.60 Å². The van der Waals surface area contributed by atoms with E-state index in [1.54, 1.807) is 0 Å². The molecule has 1 unspecified atom stereocenters. The molecule has 5 rings (SSSR count). The first-order valence-corrected chi connectivity index (χ1v) is 10.1. The smallest absolute Gasteiger partial charge is 0.142 e. The molecule has 143 valence electrons. The molecule has 0 spiro atoms. The highest BCUT2D eigenvalue weighted by Gasteiger charge is 2.42. The van der Waals surface area contributed by atoms with Gasteiger partial charge in [-0.3, -0.25) is 0 Å². The van der Waals surface area contributed by atoms with E-state index in [1.165, 1.54) is 0 Å². The van der Waals surface area contributed by atoms with E-state index < -0.39 is 5.60 Å². The molecular formula is C29H21O. The van der Waals surface area contributed by atoms with Crippen LogP contribution in [0, 0.1) is 6.08 Å². The molecule has 4 aromatic rings. The zero-order valence-corrected chi connectivity index (χ0v) is 16.5. The summed E-state index contributed by atoms with van der Waals surface area (Å²) in [4.78, 5) is 0. The molecule has 0 heterocycles. The van der Waals surface area contributed by atoms with Gasteiger partial charge in [-0.25, -0.2) is 0 Å². The molecule has 1 N–H and O–H groups in total. The van der Waals surface area contributed by atoms with Crippen molar-refractivity contribution in [3.05, 3.63) is 150 Å². The predicted molar refractivity (Wildman–Crippen MR) is 123 cm³/mol. The minimum Gasteiger partial charge on any atom is -0.376 e. The van der Waals surface area contributed by atoms with Gasteiger partial charge in [-0.2, -0.15) is 0 Å². The van der Waals surface area contributed by atoms with Crippen molar-refractivity contribution < 1.29 is 5.11 Å². The standard InChI is InChI=1S/C29H21O/c30-29(25-19-11-4-12-20-25)21-26(22-13-5-1-6-14-22)27(23-15-7-2-8-16-23)28(29)24-17-9-3-10-18-24/h1-20,30H. The summed E-state index contributed by atoms with van der Waals surface area (Å²) >= 11 is 0. The van der Waals surface area contributed by atoms with Gasteiger partial charge in [0.15, 0.2) is 0 Å². The van der Waals surface area contributed by atoms with E-state index >= 15 is 0 Å². The van der Waals surface area contributed by atoms with Crippen molar-refractivity contribution in [2.24, 2.45) is 0 Å². The Morgan fingerprint density at radius 3 is 1.47 bits per heavy atom. The average molecular weight is 385 g/mol. The lowest BCUT2D eigenvalue weighted by molar-refractivity contribution is 0.149. The molecule has 4 aromatic carbocycles. The molecule has 1 radical (unpaired) electrons. The summed E-state index contributed by atoms with van der Waals surface area (Å²) in [5, 5.41) is 12.1. The Morgan fingerprint density at radius 1 is 0.500 bits per heavy atom. The number of rotatable bonds is 4. The lowest BCUT2D eigenvalue weighted by Crippen LogP contribution is -2.23. The van der Waals surface area contributed by atoms with Crippen LogP contribution < -0.4 is 0 Å². The van der Waals surface area contributed by atoms with Gasteiger partial charge in [-0.1, -0.05) is 121 Å². The van der Waals surface area contributed by atoms with Gasteiger partial charge in [-0.05, 0) is 33.4 Å². The molecule has 1 nitrogen and oxygen atoms in total. The van der Waals surface area contributed by atoms with Crippen molar-refractivity contribution in [3.8, 4) is 0 Å². The van der Waals surface area contributed by atoms with Crippen molar-refractivity contribution >= 4 is 16.7 Å². The molecule has 1 atom stereocenters. The number of allylic oxidation sites excluding steroid dienone is 2. The summed E-state index contributed by atoms with van der Waals surface area (Å²) in [6.45, 7) is 0. The molecular weight excluding hydrogens is 364 g/mol. The molecule has 1 aliphatic carbocycles. The van der Waals surface area contributed by atoms with Crippen LogP contribution in [-0.4, -0.2) is 5.11 Å². The Balaban J connectivity index is 1.87. The fourth-order valence-corrected chi connectivity index (χ4v) is 4.18. The van der Waals surface area contributed by atoms with Gasteiger partial charge in [0.2, 0.25) is 0 Å². The van der Waals surface area contributed by atoms with Gasteiger partial charge in [-0.15, -0.1) is 0 Å². The Hall–Kier alpha value is -3.68. The van der Waals surface area contributed by atoms with E-state index in [0.717, 1.165) is 39.0 Å². The third kappa shape index (κ3) is 3.10. The van der Waals surface area contributed by atoms with Gasteiger partial charge >= 0.3 is 0 Å². The van der Waals surface area contributed by atoms with Crippen LogP contribution >= 0.6 is 0 Å². The predicted octanol–water partition coefficient (Wildman–Crippen LogP) is 6.39. The topological polar surface area (TPSA) is 20.2 Å². The normalized spacial score (nSPS) is 18.4. The molecule has 0 bridgehead atoms. The van der Waals surface area contributed by atoms with Crippen LogP contribution in [0.25, 0.3) is 16.7 Å². The fourth-order valence-electron chi connectivity index (χ4n) is 4.18. The van der Waals surface area contributed by atoms with Crippen LogP contribution in [0.4, 0.5) is 0 Å². The Bertz CT molecular complexity index is 1210. The second-order valence-corrected chi connectivity index (χ2v) is 7.42.